The molecule has 0 aromatic carbocycles. The normalized spacial score (nSPS) is 14.0. The molecule has 0 fully saturated rings. The number of carbonyl (C=O) groups excluding carboxylic acids is 4. The van der Waals surface area contributed by atoms with E-state index in [4.69, 9.17) is 37.0 Å². The third-order valence-corrected chi connectivity index (χ3v) is 20.7. The number of aliphatic hydroxyl groups is 1. The van der Waals surface area contributed by atoms with Gasteiger partial charge in [-0.05, 0) is 49.4 Å². The lowest BCUT2D eigenvalue weighted by molar-refractivity contribution is -0.161. The van der Waals surface area contributed by atoms with E-state index in [1.54, 1.807) is 0 Å². The standard InChI is InChI=1S/C81H158O17P2/c1-71(2)57-49-41-33-26-21-17-13-11-9-10-12-14-20-24-30-38-47-55-63-80(85)97-76(67-91-78(83)61-53-45-37-29-23-19-16-15-18-22-27-34-42-50-58-72(3)4)69-95-99(87,88)93-65-75(82)66-94-100(89,90)96-70-77(68-92-79(84)62-54-46-40-32-36-44-52-60-74(7)8)98-81(86)64-56-48-39-31-25-28-35-43-51-59-73(5)6/h71-77,82H,9-70H2,1-8H3,(H,87,88)(H,89,90)/t75?,76-,77-/m1/s1. The Morgan fingerprint density at radius 1 is 0.250 bits per heavy atom. The highest BCUT2D eigenvalue weighted by Gasteiger charge is 2.30. The third kappa shape index (κ3) is 74.3. The summed E-state index contributed by atoms with van der Waals surface area (Å²) in [5, 5.41) is 10.6. The average Bonchev–Trinajstić information content (AvgIpc) is 0.932. The molecule has 0 saturated carbocycles. The van der Waals surface area contributed by atoms with Crippen LogP contribution in [0.2, 0.25) is 0 Å². The van der Waals surface area contributed by atoms with Gasteiger partial charge in [-0.1, -0.05) is 364 Å². The summed E-state index contributed by atoms with van der Waals surface area (Å²) in [6, 6.07) is 0. The molecule has 5 atom stereocenters. The van der Waals surface area contributed by atoms with Gasteiger partial charge in [0.15, 0.2) is 12.2 Å². The predicted molar refractivity (Wildman–Crippen MR) is 409 cm³/mol. The first-order valence-electron chi connectivity index (χ1n) is 41.7. The SMILES string of the molecule is CC(C)CCCCCCCCCCCCCCCCCCCCC(=O)O[C@H](COC(=O)CCCCCCCCCCCCCCCCC(C)C)COP(=O)(O)OCC(O)COP(=O)(O)OC[C@@H](COC(=O)CCCCCCCCCC(C)C)OC(=O)CCCCCCCCCCCC(C)C. The van der Waals surface area contributed by atoms with Gasteiger partial charge in [-0.15, -0.1) is 0 Å². The van der Waals surface area contributed by atoms with Crippen molar-refractivity contribution in [3.8, 4) is 0 Å². The molecule has 0 amide bonds. The minimum atomic E-state index is -4.96. The summed E-state index contributed by atoms with van der Waals surface area (Å²) in [4.78, 5) is 73.0. The first-order chi connectivity index (χ1) is 48.1. The molecule has 0 aromatic heterocycles. The van der Waals surface area contributed by atoms with Gasteiger partial charge < -0.3 is 33.8 Å². The molecule has 0 aliphatic carbocycles. The van der Waals surface area contributed by atoms with Gasteiger partial charge in [0.1, 0.15) is 19.3 Å². The zero-order valence-corrected chi connectivity index (χ0v) is 67.6. The lowest BCUT2D eigenvalue weighted by atomic mass is 10.0. The predicted octanol–water partition coefficient (Wildman–Crippen LogP) is 24.0. The Kier molecular flexibility index (Phi) is 68.7. The number of aliphatic hydroxyl groups excluding tert-OH is 1. The van der Waals surface area contributed by atoms with Crippen molar-refractivity contribution in [1.82, 2.24) is 0 Å². The first-order valence-corrected chi connectivity index (χ1v) is 44.7. The van der Waals surface area contributed by atoms with Crippen molar-refractivity contribution in [2.24, 2.45) is 23.7 Å². The first kappa shape index (κ1) is 98.1. The lowest BCUT2D eigenvalue weighted by Gasteiger charge is -2.21. The summed E-state index contributed by atoms with van der Waals surface area (Å²) in [5.41, 5.74) is 0. The Morgan fingerprint density at radius 2 is 0.420 bits per heavy atom. The van der Waals surface area contributed by atoms with E-state index in [0.29, 0.717) is 31.6 Å². The van der Waals surface area contributed by atoms with Gasteiger partial charge in [0.05, 0.1) is 26.4 Å². The fraction of sp³-hybridized carbons (Fsp3) is 0.951. The number of ether oxygens (including phenoxy) is 4. The molecule has 19 heteroatoms. The molecule has 0 radical (unpaired) electrons. The van der Waals surface area contributed by atoms with Gasteiger partial charge in [-0.2, -0.15) is 0 Å². The number of hydrogen-bond acceptors (Lipinski definition) is 15. The minimum Gasteiger partial charge on any atom is -0.462 e. The van der Waals surface area contributed by atoms with E-state index in [1.807, 2.05) is 0 Å². The molecule has 0 heterocycles. The van der Waals surface area contributed by atoms with Crippen LogP contribution in [0, 0.1) is 23.7 Å². The van der Waals surface area contributed by atoms with E-state index in [-0.39, 0.29) is 25.7 Å². The highest BCUT2D eigenvalue weighted by Crippen LogP contribution is 2.45. The van der Waals surface area contributed by atoms with Crippen LogP contribution in [0.25, 0.3) is 0 Å². The lowest BCUT2D eigenvalue weighted by Crippen LogP contribution is -2.30. The van der Waals surface area contributed by atoms with Crippen molar-refractivity contribution in [2.45, 2.75) is 433 Å². The quantitative estimate of drug-likeness (QED) is 0.0222. The van der Waals surface area contributed by atoms with Crippen LogP contribution in [0.3, 0.4) is 0 Å². The Labute approximate surface area is 613 Å². The molecule has 0 spiro atoms. The van der Waals surface area contributed by atoms with Crippen molar-refractivity contribution < 1.29 is 80.2 Å². The van der Waals surface area contributed by atoms with Crippen LogP contribution in [0.5, 0.6) is 0 Å². The van der Waals surface area contributed by atoms with Crippen molar-refractivity contribution in [2.75, 3.05) is 39.6 Å². The molecule has 0 aliphatic heterocycles. The minimum absolute atomic E-state index is 0.104. The molecule has 100 heavy (non-hydrogen) atoms. The second-order valence-electron chi connectivity index (χ2n) is 31.1. The second-order valence-corrected chi connectivity index (χ2v) is 34.0. The van der Waals surface area contributed by atoms with Crippen LogP contribution in [0.1, 0.15) is 415 Å². The van der Waals surface area contributed by atoms with Crippen LogP contribution < -0.4 is 0 Å². The Balaban J connectivity index is 5.22. The van der Waals surface area contributed by atoms with E-state index >= 15 is 0 Å². The van der Waals surface area contributed by atoms with E-state index in [2.05, 4.69) is 55.4 Å². The van der Waals surface area contributed by atoms with Gasteiger partial charge in [0, 0.05) is 25.7 Å². The van der Waals surface area contributed by atoms with Crippen molar-refractivity contribution >= 4 is 39.5 Å². The van der Waals surface area contributed by atoms with E-state index < -0.39 is 97.5 Å². The van der Waals surface area contributed by atoms with Crippen LogP contribution in [0.15, 0.2) is 0 Å². The number of esters is 4. The molecule has 0 aliphatic rings. The van der Waals surface area contributed by atoms with E-state index in [0.717, 1.165) is 114 Å². The summed E-state index contributed by atoms with van der Waals surface area (Å²) < 4.78 is 68.7. The highest BCUT2D eigenvalue weighted by molar-refractivity contribution is 7.47. The van der Waals surface area contributed by atoms with Gasteiger partial charge in [-0.3, -0.25) is 37.3 Å². The van der Waals surface area contributed by atoms with Crippen LogP contribution in [-0.4, -0.2) is 96.7 Å². The Bertz CT molecular complexity index is 1950. The molecule has 3 N–H and O–H groups in total. The number of carbonyl (C=O) groups is 4. The van der Waals surface area contributed by atoms with Gasteiger partial charge in [-0.25, -0.2) is 9.13 Å². The van der Waals surface area contributed by atoms with Crippen molar-refractivity contribution in [3.63, 3.8) is 0 Å². The van der Waals surface area contributed by atoms with E-state index in [9.17, 15) is 43.2 Å². The molecule has 0 saturated heterocycles. The van der Waals surface area contributed by atoms with Crippen LogP contribution in [0.4, 0.5) is 0 Å². The molecule has 17 nitrogen and oxygen atoms in total. The fourth-order valence-electron chi connectivity index (χ4n) is 12.4. The summed E-state index contributed by atoms with van der Waals surface area (Å²) in [5.74, 6) is 0.945. The average molecular weight is 1470 g/mol. The monoisotopic (exact) mass is 1470 g/mol. The topological polar surface area (TPSA) is 237 Å². The summed E-state index contributed by atoms with van der Waals surface area (Å²) in [6.07, 6.45) is 57.1. The summed E-state index contributed by atoms with van der Waals surface area (Å²) in [6.45, 7) is 14.2. The maximum atomic E-state index is 13.1. The number of unbranched alkanes of at least 4 members (excludes halogenated alkanes) is 44. The summed E-state index contributed by atoms with van der Waals surface area (Å²) in [7, 11) is -9.92. The van der Waals surface area contributed by atoms with Crippen LogP contribution >= 0.6 is 15.6 Å². The largest absolute Gasteiger partial charge is 0.472 e. The highest BCUT2D eigenvalue weighted by atomic mass is 31.2. The smallest absolute Gasteiger partial charge is 0.462 e. The van der Waals surface area contributed by atoms with Gasteiger partial charge in [0.25, 0.3) is 0 Å². The number of phosphoric acid groups is 2. The zero-order chi connectivity index (χ0) is 73.8. The Hall–Kier alpha value is -1.94. The molecular formula is C81H158O17P2. The maximum Gasteiger partial charge on any atom is 0.472 e. The number of phosphoric ester groups is 2. The molecule has 0 rings (SSSR count). The number of rotatable bonds is 78. The molecular weight excluding hydrogens is 1310 g/mol. The second kappa shape index (κ2) is 70.1. The molecule has 0 bridgehead atoms. The van der Waals surface area contributed by atoms with Crippen LogP contribution in [-0.2, 0) is 65.4 Å². The Morgan fingerprint density at radius 3 is 0.620 bits per heavy atom. The molecule has 0 aromatic rings. The maximum absolute atomic E-state index is 13.1. The van der Waals surface area contributed by atoms with Crippen molar-refractivity contribution in [3.05, 3.63) is 0 Å². The third-order valence-electron chi connectivity index (χ3n) is 18.8. The zero-order valence-electron chi connectivity index (χ0n) is 65.8. The fourth-order valence-corrected chi connectivity index (χ4v) is 14.0. The molecule has 594 valence electrons. The van der Waals surface area contributed by atoms with Gasteiger partial charge in [0.2, 0.25) is 0 Å². The van der Waals surface area contributed by atoms with E-state index in [1.165, 1.54) is 212 Å². The number of hydrogen-bond donors (Lipinski definition) is 3. The molecule has 3 unspecified atom stereocenters. The van der Waals surface area contributed by atoms with Crippen molar-refractivity contribution in [1.29, 1.82) is 0 Å². The summed E-state index contributed by atoms with van der Waals surface area (Å²) >= 11 is 0. The van der Waals surface area contributed by atoms with Gasteiger partial charge >= 0.3 is 39.5 Å².